The van der Waals surface area contributed by atoms with Crippen LogP contribution >= 0.6 is 0 Å². The molecule has 17 heteroatoms. The van der Waals surface area contributed by atoms with Crippen LogP contribution in [0.1, 0.15) is 81.5 Å². The zero-order valence-electron chi connectivity index (χ0n) is 31.0. The molecule has 2 fully saturated rings. The number of hydrogen-bond acceptors (Lipinski definition) is 14. The molecule has 17 nitrogen and oxygen atoms in total. The van der Waals surface area contributed by atoms with Gasteiger partial charge in [-0.2, -0.15) is 4.99 Å². The molecule has 0 radical (unpaired) electrons. The minimum absolute atomic E-state index is 0.0179. The molecule has 5 aliphatic rings. The van der Waals surface area contributed by atoms with E-state index < -0.39 is 72.4 Å². The summed E-state index contributed by atoms with van der Waals surface area (Å²) in [5.41, 5.74) is -0.258. The van der Waals surface area contributed by atoms with E-state index >= 15 is 0 Å². The van der Waals surface area contributed by atoms with Crippen LogP contribution in [0.25, 0.3) is 0 Å². The molecule has 58 heavy (non-hydrogen) atoms. The quantitative estimate of drug-likeness (QED) is 0.0930. The maximum Gasteiger partial charge on any atom is 0.262 e. The first-order valence-electron chi connectivity index (χ1n) is 19.0. The third-order valence-electron chi connectivity index (χ3n) is 11.3. The molecule has 0 spiro atoms. The number of aliphatic imine (C=N–C) groups is 3. The Hall–Kier alpha value is -5.53. The van der Waals surface area contributed by atoms with E-state index in [1.807, 2.05) is 0 Å². The number of aliphatic hydroxyl groups is 5. The van der Waals surface area contributed by atoms with Crippen LogP contribution in [0.4, 0.5) is 5.69 Å². The van der Waals surface area contributed by atoms with Crippen molar-refractivity contribution < 1.29 is 64.1 Å². The summed E-state index contributed by atoms with van der Waals surface area (Å²) < 4.78 is 18.8. The van der Waals surface area contributed by atoms with E-state index in [0.717, 1.165) is 6.42 Å². The Morgan fingerprint density at radius 1 is 0.931 bits per heavy atom. The summed E-state index contributed by atoms with van der Waals surface area (Å²) in [7, 11) is 0. The van der Waals surface area contributed by atoms with Gasteiger partial charge >= 0.3 is 0 Å². The summed E-state index contributed by atoms with van der Waals surface area (Å²) in [5, 5.41) is 76.5. The van der Waals surface area contributed by atoms with Crippen molar-refractivity contribution in [2.45, 2.75) is 87.4 Å². The highest BCUT2D eigenvalue weighted by Gasteiger charge is 2.54. The van der Waals surface area contributed by atoms with Crippen LogP contribution in [0.2, 0.25) is 0 Å². The third-order valence-corrected chi connectivity index (χ3v) is 11.3. The minimum Gasteiger partial charge on any atom is -0.857 e. The van der Waals surface area contributed by atoms with Crippen LogP contribution in [0.15, 0.2) is 69.6 Å². The molecule has 0 aromatic heterocycles. The van der Waals surface area contributed by atoms with Crippen molar-refractivity contribution in [3.05, 3.63) is 88.0 Å². The van der Waals surface area contributed by atoms with Gasteiger partial charge in [-0.3, -0.25) is 15.0 Å². The summed E-state index contributed by atoms with van der Waals surface area (Å²) in [6.45, 7) is -0.488. The van der Waals surface area contributed by atoms with Crippen molar-refractivity contribution in [2.75, 3.05) is 13.3 Å². The zero-order valence-corrected chi connectivity index (χ0v) is 31.0. The van der Waals surface area contributed by atoms with Crippen LogP contribution in [0, 0.1) is 5.41 Å². The topological polar surface area (TPSA) is 268 Å². The highest BCUT2D eigenvalue weighted by atomic mass is 16.7. The lowest BCUT2D eigenvalue weighted by Crippen LogP contribution is -3.09. The number of carbonyl (C=O) groups excluding carboxylic acids is 3. The van der Waals surface area contributed by atoms with Gasteiger partial charge in [0.25, 0.3) is 5.84 Å². The van der Waals surface area contributed by atoms with E-state index in [0.29, 0.717) is 35.3 Å². The molecule has 1 saturated heterocycles. The van der Waals surface area contributed by atoms with E-state index in [1.54, 1.807) is 36.4 Å². The number of rotatable bonds is 11. The Balaban J connectivity index is 1.28. The average Bonchev–Trinajstić information content (AvgIpc) is 3.64. The summed E-state index contributed by atoms with van der Waals surface area (Å²) in [4.78, 5) is 52.6. The average molecular weight is 796 g/mol. The number of nitrogens with zero attached hydrogens (tertiary/aromatic N) is 3. The standard InChI is InChI=1S/C41H41N5O12/c42-40-44-37-28(38(54)45-40)43-19-46(37)26-11-5-2-8-20(26)16-21-17-25-27(30(50)24-10-4-3-9-23(24)29(25)49)35(56-18-22(48)12-15-47)34(21)57-39-33(53)31(51)32(52)36(58-39)41(55)13-6-1-7-14-41/h2-5,8-11,15,17,22,31-33,36,39,48,51-53,55H,1,6-7,12-14,16,18-19H2,(H2,42,45,54). The summed E-state index contributed by atoms with van der Waals surface area (Å²) >= 11 is 0. The molecule has 3 aromatic carbocycles. The molecule has 3 aromatic rings. The van der Waals surface area contributed by atoms with Gasteiger partial charge in [0.05, 0.1) is 17.3 Å². The van der Waals surface area contributed by atoms with Gasteiger partial charge in [0.15, 0.2) is 35.4 Å². The van der Waals surface area contributed by atoms with Gasteiger partial charge in [0.1, 0.15) is 43.0 Å². The second kappa shape index (κ2) is 15.7. The number of para-hydroxylation sites is 1. The molecule has 0 bridgehead atoms. The van der Waals surface area contributed by atoms with Gasteiger partial charge in [0.2, 0.25) is 12.2 Å². The number of aldehydes is 1. The number of guanidine groups is 1. The summed E-state index contributed by atoms with van der Waals surface area (Å²) in [5.74, 6) is -2.64. The maximum absolute atomic E-state index is 14.4. The zero-order chi connectivity index (χ0) is 40.9. The predicted molar refractivity (Wildman–Crippen MR) is 202 cm³/mol. The second-order valence-corrected chi connectivity index (χ2v) is 15.0. The Bertz CT molecular complexity index is 2280. The normalized spacial score (nSPS) is 26.7. The van der Waals surface area contributed by atoms with Crippen LogP contribution in [0.3, 0.4) is 0 Å². The number of quaternary nitrogens is 1. The largest absolute Gasteiger partial charge is 0.857 e. The van der Waals surface area contributed by atoms with E-state index in [1.165, 1.54) is 18.2 Å². The van der Waals surface area contributed by atoms with E-state index in [4.69, 9.17) is 19.6 Å². The van der Waals surface area contributed by atoms with Crippen molar-refractivity contribution in [3.8, 4) is 11.5 Å². The number of ketones is 2. The lowest BCUT2D eigenvalue weighted by molar-refractivity contribution is -0.723. The molecule has 7 N–H and O–H groups in total. The number of aliphatic hydroxyl groups excluding tert-OH is 4. The first kappa shape index (κ1) is 39.3. The van der Waals surface area contributed by atoms with Crippen molar-refractivity contribution in [2.24, 2.45) is 15.0 Å². The summed E-state index contributed by atoms with van der Waals surface area (Å²) in [6, 6.07) is 14.7. The highest BCUT2D eigenvalue weighted by Crippen LogP contribution is 2.46. The van der Waals surface area contributed by atoms with Crippen molar-refractivity contribution >= 4 is 46.9 Å². The molecule has 3 aliphatic heterocycles. The molecular formula is C41H41N5O12. The molecule has 2 aliphatic carbocycles. The van der Waals surface area contributed by atoms with Crippen LogP contribution < -0.4 is 19.5 Å². The van der Waals surface area contributed by atoms with Crippen LogP contribution in [-0.4, -0.2) is 122 Å². The Morgan fingerprint density at radius 2 is 1.64 bits per heavy atom. The van der Waals surface area contributed by atoms with Gasteiger partial charge in [-0.05, 0) is 25.0 Å². The Labute approximate surface area is 331 Å². The van der Waals surface area contributed by atoms with Gasteiger partial charge < -0.3 is 49.6 Å². The monoisotopic (exact) mass is 795 g/mol. The van der Waals surface area contributed by atoms with Crippen LogP contribution in [-0.2, 0) is 16.0 Å². The number of amidine groups is 1. The summed E-state index contributed by atoms with van der Waals surface area (Å²) in [6.07, 6.45) is -7.26. The first-order chi connectivity index (χ1) is 27.9. The number of ether oxygens (including phenoxy) is 3. The van der Waals surface area contributed by atoms with Gasteiger partial charge in [-0.1, -0.05) is 61.7 Å². The molecular weight excluding hydrogens is 754 g/mol. The number of benzene rings is 3. The molecule has 7 atom stereocenters. The number of hydrogen-bond donors (Lipinski definition) is 7. The van der Waals surface area contributed by atoms with Crippen molar-refractivity contribution in [1.29, 1.82) is 5.41 Å². The fraction of sp³-hybridized carbons (Fsp3) is 0.390. The highest BCUT2D eigenvalue weighted by molar-refractivity contribution is 6.66. The predicted octanol–water partition coefficient (Wildman–Crippen LogP) is -0.703. The fourth-order valence-electron chi connectivity index (χ4n) is 8.38. The van der Waals surface area contributed by atoms with Gasteiger partial charge in [-0.15, -0.1) is 0 Å². The van der Waals surface area contributed by atoms with Gasteiger partial charge in [0, 0.05) is 46.6 Å². The smallest absolute Gasteiger partial charge is 0.262 e. The molecule has 3 heterocycles. The number of fused-ring (bicyclic) bond motifs is 3. The Morgan fingerprint density at radius 3 is 2.38 bits per heavy atom. The van der Waals surface area contributed by atoms with Gasteiger partial charge in [-0.25, -0.2) is 14.9 Å². The lowest BCUT2D eigenvalue weighted by atomic mass is 9.76. The SMILES string of the molecule is N=C1N=C([O-])C2=NC[NH+](c3ccccc3Cc3cc4c(c(OCC(O)CC=O)c3OC3OC(C5(O)CCCCC5)C(O)C(O)C3O)C(=O)c3ccccc3C4=O)C2=N1. The molecule has 1 saturated carbocycles. The molecule has 302 valence electrons. The third kappa shape index (κ3) is 6.93. The molecule has 7 unspecified atom stereocenters. The van der Waals surface area contributed by atoms with Crippen LogP contribution in [0.5, 0.6) is 11.5 Å². The Kier molecular flexibility index (Phi) is 10.6. The lowest BCUT2D eigenvalue weighted by Gasteiger charge is -2.48. The number of nitrogens with one attached hydrogen (secondary N) is 2. The van der Waals surface area contributed by atoms with E-state index in [2.05, 4.69) is 15.0 Å². The molecule has 8 rings (SSSR count). The fourth-order valence-corrected chi connectivity index (χ4v) is 8.38. The van der Waals surface area contributed by atoms with E-state index in [9.17, 15) is 45.0 Å². The van der Waals surface area contributed by atoms with Crippen molar-refractivity contribution in [3.63, 3.8) is 0 Å². The second-order valence-electron chi connectivity index (χ2n) is 15.0. The maximum atomic E-state index is 14.4. The first-order valence-corrected chi connectivity index (χ1v) is 19.0. The van der Waals surface area contributed by atoms with E-state index in [-0.39, 0.29) is 83.2 Å². The number of carbonyl (C=O) groups is 3. The minimum atomic E-state index is -1.90. The molecule has 0 amide bonds. The van der Waals surface area contributed by atoms with Crippen molar-refractivity contribution in [1.82, 2.24) is 0 Å².